The summed E-state index contributed by atoms with van der Waals surface area (Å²) in [5.41, 5.74) is 6.77. The Morgan fingerprint density at radius 3 is 2.53 bits per heavy atom. The number of halogens is 2. The van der Waals surface area contributed by atoms with E-state index in [1.807, 2.05) is 0 Å². The molecule has 3 unspecified atom stereocenters. The highest BCUT2D eigenvalue weighted by Crippen LogP contribution is 2.30. The fraction of sp³-hybridized carbons (Fsp3) is 0.619. The molecule has 0 bridgehead atoms. The molecule has 0 spiro atoms. The van der Waals surface area contributed by atoms with Crippen molar-refractivity contribution in [3.8, 4) is 0 Å². The van der Waals surface area contributed by atoms with Gasteiger partial charge < -0.3 is 16.0 Å². The molecular formula is C21H29F2N5O2. The number of nitrogens with zero attached hydrogens (tertiary/aromatic N) is 2. The van der Waals surface area contributed by atoms with E-state index in [0.717, 1.165) is 25.9 Å². The van der Waals surface area contributed by atoms with E-state index in [9.17, 15) is 18.4 Å². The SMILES string of the molecule is NC1CCN(C2CCN(c3ccc(NC4CCC(=O)NC4=O)cc3F)CC2F)CC1. The summed E-state index contributed by atoms with van der Waals surface area (Å²) in [6.45, 7) is 2.39. The average Bonchev–Trinajstić information content (AvgIpc) is 2.71. The van der Waals surface area contributed by atoms with Crippen molar-refractivity contribution in [3.63, 3.8) is 0 Å². The van der Waals surface area contributed by atoms with E-state index in [4.69, 9.17) is 5.73 Å². The Kier molecular flexibility index (Phi) is 6.19. The minimum Gasteiger partial charge on any atom is -0.374 e. The van der Waals surface area contributed by atoms with Gasteiger partial charge >= 0.3 is 0 Å². The number of nitrogens with one attached hydrogen (secondary N) is 2. The molecule has 164 valence electrons. The molecular weight excluding hydrogens is 392 g/mol. The number of rotatable bonds is 4. The first-order valence-electron chi connectivity index (χ1n) is 10.7. The second-order valence-electron chi connectivity index (χ2n) is 8.51. The van der Waals surface area contributed by atoms with E-state index in [1.165, 1.54) is 6.07 Å². The maximum atomic E-state index is 14.9. The molecule has 9 heteroatoms. The molecule has 30 heavy (non-hydrogen) atoms. The van der Waals surface area contributed by atoms with Crippen molar-refractivity contribution >= 4 is 23.2 Å². The maximum Gasteiger partial charge on any atom is 0.249 e. The molecule has 3 aliphatic heterocycles. The number of piperidine rings is 3. The molecule has 3 heterocycles. The summed E-state index contributed by atoms with van der Waals surface area (Å²) in [7, 11) is 0. The lowest BCUT2D eigenvalue weighted by molar-refractivity contribution is -0.133. The first-order chi connectivity index (χ1) is 14.4. The Morgan fingerprint density at radius 2 is 1.87 bits per heavy atom. The zero-order valence-electron chi connectivity index (χ0n) is 16.9. The smallest absolute Gasteiger partial charge is 0.249 e. The molecule has 3 atom stereocenters. The van der Waals surface area contributed by atoms with Crippen molar-refractivity contribution in [2.45, 2.75) is 56.4 Å². The number of likely N-dealkylation sites (tertiary alicyclic amines) is 1. The lowest BCUT2D eigenvalue weighted by Gasteiger charge is -2.43. The predicted molar refractivity (Wildman–Crippen MR) is 110 cm³/mol. The summed E-state index contributed by atoms with van der Waals surface area (Å²) in [4.78, 5) is 27.1. The van der Waals surface area contributed by atoms with Crippen LogP contribution in [0.5, 0.6) is 0 Å². The van der Waals surface area contributed by atoms with E-state index >= 15 is 0 Å². The normalized spacial score (nSPS) is 29.0. The van der Waals surface area contributed by atoms with Crippen LogP contribution in [0, 0.1) is 5.82 Å². The Balaban J connectivity index is 1.37. The van der Waals surface area contributed by atoms with Crippen LogP contribution in [0.3, 0.4) is 0 Å². The first-order valence-corrected chi connectivity index (χ1v) is 10.7. The largest absolute Gasteiger partial charge is 0.374 e. The number of nitrogens with two attached hydrogens (primary N) is 1. The van der Waals surface area contributed by atoms with E-state index in [1.54, 1.807) is 17.0 Å². The average molecular weight is 421 g/mol. The monoisotopic (exact) mass is 421 g/mol. The number of carbonyl (C=O) groups excluding carboxylic acids is 2. The fourth-order valence-electron chi connectivity index (χ4n) is 4.66. The van der Waals surface area contributed by atoms with Crippen molar-refractivity contribution in [2.24, 2.45) is 5.73 Å². The lowest BCUT2D eigenvalue weighted by Crippen LogP contribution is -2.55. The van der Waals surface area contributed by atoms with Crippen molar-refractivity contribution in [3.05, 3.63) is 24.0 Å². The summed E-state index contributed by atoms with van der Waals surface area (Å²) in [6.07, 6.45) is 2.00. The maximum absolute atomic E-state index is 14.9. The molecule has 4 N–H and O–H groups in total. The van der Waals surface area contributed by atoms with Gasteiger partial charge in [0.25, 0.3) is 0 Å². The van der Waals surface area contributed by atoms with Gasteiger partial charge in [-0.25, -0.2) is 8.78 Å². The molecule has 3 fully saturated rings. The molecule has 0 saturated carbocycles. The van der Waals surface area contributed by atoms with Gasteiger partial charge in [0, 0.05) is 43.8 Å². The van der Waals surface area contributed by atoms with Gasteiger partial charge in [-0.2, -0.15) is 0 Å². The van der Waals surface area contributed by atoms with Crippen LogP contribution in [-0.2, 0) is 9.59 Å². The zero-order valence-corrected chi connectivity index (χ0v) is 16.9. The molecule has 7 nitrogen and oxygen atoms in total. The van der Waals surface area contributed by atoms with Gasteiger partial charge in [-0.05, 0) is 43.9 Å². The number of hydrogen-bond acceptors (Lipinski definition) is 6. The summed E-state index contributed by atoms with van der Waals surface area (Å²) < 4.78 is 29.7. The topological polar surface area (TPSA) is 90.7 Å². The van der Waals surface area contributed by atoms with Gasteiger partial charge in [0.05, 0.1) is 12.2 Å². The van der Waals surface area contributed by atoms with Crippen LogP contribution in [0.1, 0.15) is 32.1 Å². The Hall–Kier alpha value is -2.26. The number of benzene rings is 1. The van der Waals surface area contributed by atoms with Crippen LogP contribution < -0.4 is 21.3 Å². The van der Waals surface area contributed by atoms with E-state index < -0.39 is 23.9 Å². The third-order valence-electron chi connectivity index (χ3n) is 6.42. The Morgan fingerprint density at radius 1 is 1.10 bits per heavy atom. The number of carbonyl (C=O) groups is 2. The van der Waals surface area contributed by atoms with E-state index in [0.29, 0.717) is 30.8 Å². The number of imide groups is 1. The highest BCUT2D eigenvalue weighted by molar-refractivity contribution is 6.01. The molecule has 3 aliphatic rings. The highest BCUT2D eigenvalue weighted by atomic mass is 19.1. The van der Waals surface area contributed by atoms with Gasteiger partial charge in [0.15, 0.2) is 0 Å². The van der Waals surface area contributed by atoms with Crippen molar-refractivity contribution in [1.82, 2.24) is 10.2 Å². The third-order valence-corrected chi connectivity index (χ3v) is 6.42. The molecule has 0 radical (unpaired) electrons. The van der Waals surface area contributed by atoms with Crippen LogP contribution in [0.25, 0.3) is 0 Å². The molecule has 0 aromatic heterocycles. The Bertz CT molecular complexity index is 800. The van der Waals surface area contributed by atoms with E-state index in [-0.39, 0.29) is 31.0 Å². The predicted octanol–water partition coefficient (Wildman–Crippen LogP) is 1.38. The lowest BCUT2D eigenvalue weighted by atomic mass is 9.96. The molecule has 2 amide bonds. The third kappa shape index (κ3) is 4.57. The molecule has 3 saturated heterocycles. The van der Waals surface area contributed by atoms with Crippen LogP contribution in [0.15, 0.2) is 18.2 Å². The van der Waals surface area contributed by atoms with Crippen molar-refractivity contribution in [1.29, 1.82) is 0 Å². The van der Waals surface area contributed by atoms with Gasteiger partial charge in [0.1, 0.15) is 18.0 Å². The second-order valence-corrected chi connectivity index (χ2v) is 8.51. The van der Waals surface area contributed by atoms with Gasteiger partial charge in [0.2, 0.25) is 11.8 Å². The second kappa shape index (κ2) is 8.85. The first kappa shape index (κ1) is 21.0. The summed E-state index contributed by atoms with van der Waals surface area (Å²) in [6, 6.07) is 4.14. The van der Waals surface area contributed by atoms with Gasteiger partial charge in [-0.3, -0.25) is 19.8 Å². The van der Waals surface area contributed by atoms with Crippen LogP contribution >= 0.6 is 0 Å². The summed E-state index contributed by atoms with van der Waals surface area (Å²) in [5, 5.41) is 5.24. The minimum absolute atomic E-state index is 0.134. The van der Waals surface area contributed by atoms with Gasteiger partial charge in [-0.15, -0.1) is 0 Å². The van der Waals surface area contributed by atoms with Crippen LogP contribution in [-0.4, -0.2) is 67.2 Å². The quantitative estimate of drug-likeness (QED) is 0.637. The standard InChI is InChI=1S/C21H29F2N5O2/c22-15-11-14(25-17-2-4-20(29)26-21(17)30)1-3-18(15)28-10-7-19(16(23)12-28)27-8-5-13(24)6-9-27/h1,3,11,13,16-17,19,25H,2,4-10,12,24H2,(H,26,29,30). The Labute approximate surface area is 175 Å². The molecule has 4 rings (SSSR count). The van der Waals surface area contributed by atoms with Crippen molar-refractivity contribution < 1.29 is 18.4 Å². The van der Waals surface area contributed by atoms with Crippen LogP contribution in [0.4, 0.5) is 20.2 Å². The number of alkyl halides is 1. The van der Waals surface area contributed by atoms with Gasteiger partial charge in [-0.1, -0.05) is 0 Å². The van der Waals surface area contributed by atoms with E-state index in [2.05, 4.69) is 15.5 Å². The number of hydrogen-bond donors (Lipinski definition) is 3. The molecule has 0 aliphatic carbocycles. The molecule has 1 aromatic rings. The number of anilines is 2. The summed E-state index contributed by atoms with van der Waals surface area (Å²) in [5.74, 6) is -1.16. The zero-order chi connectivity index (χ0) is 21.3. The fourth-order valence-corrected chi connectivity index (χ4v) is 4.66. The minimum atomic E-state index is -1.05. The van der Waals surface area contributed by atoms with Crippen LogP contribution in [0.2, 0.25) is 0 Å². The highest BCUT2D eigenvalue weighted by Gasteiger charge is 2.35. The number of amides is 2. The molecule has 1 aromatic carbocycles. The summed E-state index contributed by atoms with van der Waals surface area (Å²) >= 11 is 0. The van der Waals surface area contributed by atoms with Crippen molar-refractivity contribution in [2.75, 3.05) is 36.4 Å².